The van der Waals surface area contributed by atoms with Gasteiger partial charge >= 0.3 is 5.97 Å². The van der Waals surface area contributed by atoms with Crippen molar-refractivity contribution < 1.29 is 24.1 Å². The molecule has 4 rings (SSSR count). The first kappa shape index (κ1) is 21.1. The molecule has 0 radical (unpaired) electrons. The lowest BCUT2D eigenvalue weighted by molar-refractivity contribution is -0.145. The zero-order valence-corrected chi connectivity index (χ0v) is 18.5. The number of aromatic nitrogens is 1. The van der Waals surface area contributed by atoms with Crippen LogP contribution in [0.1, 0.15) is 27.9 Å². The standard InChI is InChI=1S/C24H28N2O5/c1-13-10-14(2)19-16-8-9-25-24(23(27)28,22(16)26-17(19)11-13)12-15-6-7-18(29-3)21(31-5)20(15)30-4/h6-7,10-11,25-26H,8-9,12H2,1-5H3,(H,27,28). The highest BCUT2D eigenvalue weighted by molar-refractivity contribution is 5.92. The van der Waals surface area contributed by atoms with E-state index < -0.39 is 11.5 Å². The molecule has 0 aliphatic carbocycles. The summed E-state index contributed by atoms with van der Waals surface area (Å²) in [5.74, 6) is 0.509. The number of hydrogen-bond acceptors (Lipinski definition) is 5. The van der Waals surface area contributed by atoms with Gasteiger partial charge < -0.3 is 24.3 Å². The van der Waals surface area contributed by atoms with Crippen molar-refractivity contribution in [2.45, 2.75) is 32.2 Å². The van der Waals surface area contributed by atoms with Gasteiger partial charge in [-0.3, -0.25) is 5.32 Å². The summed E-state index contributed by atoms with van der Waals surface area (Å²) in [6.45, 7) is 4.68. The molecule has 1 aliphatic rings. The molecule has 3 aromatic rings. The van der Waals surface area contributed by atoms with Gasteiger partial charge in [0, 0.05) is 29.4 Å². The number of fused-ring (bicyclic) bond motifs is 3. The van der Waals surface area contributed by atoms with E-state index >= 15 is 0 Å². The monoisotopic (exact) mass is 424 g/mol. The zero-order chi connectivity index (χ0) is 22.3. The maximum absolute atomic E-state index is 12.8. The average molecular weight is 424 g/mol. The van der Waals surface area contributed by atoms with E-state index in [0.717, 1.165) is 39.6 Å². The van der Waals surface area contributed by atoms with Gasteiger partial charge in [0.2, 0.25) is 5.75 Å². The first-order valence-electron chi connectivity index (χ1n) is 10.2. The Balaban J connectivity index is 1.92. The Bertz CT molecular complexity index is 1170. The molecule has 0 saturated heterocycles. The number of aliphatic carboxylic acids is 1. The van der Waals surface area contributed by atoms with Crippen LogP contribution in [0.15, 0.2) is 24.3 Å². The van der Waals surface area contributed by atoms with Crippen LogP contribution in [-0.4, -0.2) is 43.9 Å². The quantitative estimate of drug-likeness (QED) is 0.561. The minimum absolute atomic E-state index is 0.184. The molecule has 31 heavy (non-hydrogen) atoms. The van der Waals surface area contributed by atoms with Crippen LogP contribution in [0.25, 0.3) is 10.9 Å². The van der Waals surface area contributed by atoms with Crippen molar-refractivity contribution in [3.8, 4) is 17.2 Å². The van der Waals surface area contributed by atoms with E-state index in [2.05, 4.69) is 29.4 Å². The van der Waals surface area contributed by atoms with Crippen molar-refractivity contribution >= 4 is 16.9 Å². The molecule has 1 aromatic heterocycles. The second-order valence-electron chi connectivity index (χ2n) is 8.04. The van der Waals surface area contributed by atoms with Crippen molar-refractivity contribution in [1.82, 2.24) is 10.3 Å². The summed E-state index contributed by atoms with van der Waals surface area (Å²) in [5, 5.41) is 14.9. The largest absolute Gasteiger partial charge is 0.493 e. The number of carbonyl (C=O) groups is 1. The molecule has 0 saturated carbocycles. The summed E-state index contributed by atoms with van der Waals surface area (Å²) in [6, 6.07) is 7.82. The predicted molar refractivity (Wildman–Crippen MR) is 119 cm³/mol. The third-order valence-electron chi connectivity index (χ3n) is 6.18. The molecule has 1 atom stereocenters. The van der Waals surface area contributed by atoms with Gasteiger partial charge in [-0.1, -0.05) is 12.1 Å². The Labute approximate surface area is 181 Å². The molecule has 2 aromatic carbocycles. The number of aromatic amines is 1. The Morgan fingerprint density at radius 1 is 1.10 bits per heavy atom. The molecule has 0 spiro atoms. The molecule has 7 nitrogen and oxygen atoms in total. The van der Waals surface area contributed by atoms with Gasteiger partial charge in [-0.2, -0.15) is 0 Å². The summed E-state index contributed by atoms with van der Waals surface area (Å²) in [4.78, 5) is 16.2. The number of rotatable bonds is 6. The molecule has 0 amide bonds. The molecule has 1 aliphatic heterocycles. The van der Waals surface area contributed by atoms with Crippen LogP contribution in [0.4, 0.5) is 0 Å². The Kier molecular flexibility index (Phi) is 5.31. The van der Waals surface area contributed by atoms with E-state index in [1.54, 1.807) is 20.3 Å². The van der Waals surface area contributed by atoms with E-state index in [0.29, 0.717) is 29.5 Å². The highest BCUT2D eigenvalue weighted by Gasteiger charge is 2.46. The summed E-state index contributed by atoms with van der Waals surface area (Å²) in [6.07, 6.45) is 0.945. The summed E-state index contributed by atoms with van der Waals surface area (Å²) in [5.41, 5.74) is 4.42. The first-order chi connectivity index (χ1) is 14.9. The van der Waals surface area contributed by atoms with Crippen molar-refractivity contribution in [3.05, 3.63) is 52.2 Å². The number of carboxylic acids is 1. The average Bonchev–Trinajstić information content (AvgIpc) is 3.12. The second-order valence-corrected chi connectivity index (χ2v) is 8.04. The second kappa shape index (κ2) is 7.81. The van der Waals surface area contributed by atoms with Crippen molar-refractivity contribution in [3.63, 3.8) is 0 Å². The molecule has 164 valence electrons. The Morgan fingerprint density at radius 2 is 1.84 bits per heavy atom. The first-order valence-corrected chi connectivity index (χ1v) is 10.2. The molecule has 2 heterocycles. The smallest absolute Gasteiger partial charge is 0.330 e. The third kappa shape index (κ3) is 3.20. The van der Waals surface area contributed by atoms with Crippen molar-refractivity contribution in [2.24, 2.45) is 0 Å². The fraction of sp³-hybridized carbons (Fsp3) is 0.375. The third-order valence-corrected chi connectivity index (χ3v) is 6.18. The minimum atomic E-state index is -1.32. The van der Waals surface area contributed by atoms with E-state index in [4.69, 9.17) is 14.2 Å². The number of nitrogens with one attached hydrogen (secondary N) is 2. The lowest BCUT2D eigenvalue weighted by Crippen LogP contribution is -2.54. The van der Waals surface area contributed by atoms with Crippen LogP contribution < -0.4 is 19.5 Å². The topological polar surface area (TPSA) is 92.8 Å². The number of aryl methyl sites for hydroxylation is 2. The van der Waals surface area contributed by atoms with Crippen LogP contribution in [-0.2, 0) is 23.2 Å². The number of carboxylic acid groups (broad SMARTS) is 1. The molecule has 3 N–H and O–H groups in total. The van der Waals surface area contributed by atoms with E-state index in [1.165, 1.54) is 7.11 Å². The molecule has 7 heteroatoms. The lowest BCUT2D eigenvalue weighted by atomic mass is 9.81. The summed E-state index contributed by atoms with van der Waals surface area (Å²) in [7, 11) is 4.64. The van der Waals surface area contributed by atoms with Gasteiger partial charge in [-0.25, -0.2) is 4.79 Å². The SMILES string of the molecule is COc1ccc(CC2(C(=O)O)NCCc3c2[nH]c2cc(C)cc(C)c32)c(OC)c1OC. The number of ether oxygens (including phenoxy) is 3. The van der Waals surface area contributed by atoms with Gasteiger partial charge in [-0.05, 0) is 49.1 Å². The predicted octanol–water partition coefficient (Wildman–Crippen LogP) is 3.48. The highest BCUT2D eigenvalue weighted by Crippen LogP contribution is 2.44. The highest BCUT2D eigenvalue weighted by atomic mass is 16.5. The minimum Gasteiger partial charge on any atom is -0.493 e. The Morgan fingerprint density at radius 3 is 2.48 bits per heavy atom. The maximum Gasteiger partial charge on any atom is 0.330 e. The number of H-pyrrole nitrogens is 1. The molecule has 1 unspecified atom stereocenters. The number of benzene rings is 2. The van der Waals surface area contributed by atoms with Crippen molar-refractivity contribution in [1.29, 1.82) is 0 Å². The van der Waals surface area contributed by atoms with Gasteiger partial charge in [0.1, 0.15) is 0 Å². The van der Waals surface area contributed by atoms with Crippen LogP contribution in [0.2, 0.25) is 0 Å². The van der Waals surface area contributed by atoms with Crippen LogP contribution in [0.3, 0.4) is 0 Å². The van der Waals surface area contributed by atoms with Gasteiger partial charge in [0.15, 0.2) is 17.0 Å². The molecular weight excluding hydrogens is 396 g/mol. The van der Waals surface area contributed by atoms with Gasteiger partial charge in [0.25, 0.3) is 0 Å². The Hall–Kier alpha value is -3.19. The lowest BCUT2D eigenvalue weighted by Gasteiger charge is -2.35. The number of hydrogen-bond donors (Lipinski definition) is 3. The molecule has 0 fully saturated rings. The normalized spacial score (nSPS) is 18.0. The zero-order valence-electron chi connectivity index (χ0n) is 18.5. The van der Waals surface area contributed by atoms with Crippen LogP contribution in [0, 0.1) is 13.8 Å². The maximum atomic E-state index is 12.8. The molecular formula is C24H28N2O5. The van der Waals surface area contributed by atoms with Gasteiger partial charge in [-0.15, -0.1) is 0 Å². The summed E-state index contributed by atoms with van der Waals surface area (Å²) >= 11 is 0. The van der Waals surface area contributed by atoms with E-state index in [-0.39, 0.29) is 6.42 Å². The van der Waals surface area contributed by atoms with Crippen molar-refractivity contribution in [2.75, 3.05) is 27.9 Å². The fourth-order valence-corrected chi connectivity index (χ4v) is 4.90. The summed E-state index contributed by atoms with van der Waals surface area (Å²) < 4.78 is 16.5. The van der Waals surface area contributed by atoms with E-state index in [9.17, 15) is 9.90 Å². The number of methoxy groups -OCH3 is 3. The fourth-order valence-electron chi connectivity index (χ4n) is 4.90. The van der Waals surface area contributed by atoms with Crippen LogP contribution >= 0.6 is 0 Å². The van der Waals surface area contributed by atoms with Crippen LogP contribution in [0.5, 0.6) is 17.2 Å². The molecule has 0 bridgehead atoms. The van der Waals surface area contributed by atoms with Gasteiger partial charge in [0.05, 0.1) is 27.0 Å². The van der Waals surface area contributed by atoms with E-state index in [1.807, 2.05) is 13.0 Å².